The molecule has 1 heterocycles. The van der Waals surface area contributed by atoms with Crippen molar-refractivity contribution in [3.05, 3.63) is 63.7 Å². The molecule has 1 aliphatic heterocycles. The van der Waals surface area contributed by atoms with Gasteiger partial charge >= 0.3 is 34.0 Å². The minimum Gasteiger partial charge on any atom is -0.496 e. The highest BCUT2D eigenvalue weighted by atomic mass is 32.2. The van der Waals surface area contributed by atoms with Crippen LogP contribution in [0.25, 0.3) is 5.57 Å². The highest BCUT2D eigenvalue weighted by Gasteiger charge is 2.48. The maximum atomic E-state index is 13.9. The second kappa shape index (κ2) is 12.1. The lowest BCUT2D eigenvalue weighted by atomic mass is 9.72. The van der Waals surface area contributed by atoms with E-state index in [1.807, 2.05) is 13.8 Å². The Morgan fingerprint density at radius 3 is 2.19 bits per heavy atom. The van der Waals surface area contributed by atoms with Gasteiger partial charge in [-0.1, -0.05) is 25.5 Å². The minimum atomic E-state index is -6.26. The second-order valence-corrected chi connectivity index (χ2v) is 14.0. The summed E-state index contributed by atoms with van der Waals surface area (Å²) < 4.78 is 157. The van der Waals surface area contributed by atoms with Crippen molar-refractivity contribution in [2.75, 3.05) is 18.4 Å². The molecule has 1 N–H and O–H groups in total. The summed E-state index contributed by atoms with van der Waals surface area (Å²) in [7, 11) is -5.23. The van der Waals surface area contributed by atoms with Crippen LogP contribution in [0, 0.1) is 12.3 Å². The number of amides is 1. The van der Waals surface area contributed by atoms with Crippen molar-refractivity contribution in [3.8, 4) is 5.75 Å². The monoisotopic (exact) mass is 702 g/mol. The number of nitrogens with zero attached hydrogens (tertiary/aromatic N) is 1. The van der Waals surface area contributed by atoms with Gasteiger partial charge in [0.05, 0.1) is 30.0 Å². The second-order valence-electron chi connectivity index (χ2n) is 12.4. The number of allylic oxidation sites excluding steroid dienone is 1. The summed E-state index contributed by atoms with van der Waals surface area (Å²) in [5.74, 6) is -0.408. The molecule has 1 aliphatic carbocycles. The van der Waals surface area contributed by atoms with Gasteiger partial charge in [-0.2, -0.15) is 47.9 Å². The first-order valence-electron chi connectivity index (χ1n) is 14.1. The molecule has 0 aromatic heterocycles. The third-order valence-corrected chi connectivity index (χ3v) is 9.30. The number of anilines is 1. The molecule has 2 aromatic carbocycles. The number of carbonyl (C=O) groups is 1. The topological polar surface area (TPSA) is 84.9 Å². The Morgan fingerprint density at radius 2 is 1.64 bits per heavy atom. The summed E-state index contributed by atoms with van der Waals surface area (Å²) in [4.78, 5) is 14.4. The van der Waals surface area contributed by atoms with Crippen LogP contribution >= 0.6 is 0 Å². The van der Waals surface area contributed by atoms with Crippen LogP contribution in [0.1, 0.15) is 74.0 Å². The highest BCUT2D eigenvalue weighted by Crippen LogP contribution is 2.49. The first-order chi connectivity index (χ1) is 21.3. The first-order valence-corrected chi connectivity index (χ1v) is 15.6. The Bertz CT molecular complexity index is 1700. The van der Waals surface area contributed by atoms with Gasteiger partial charge in [0.15, 0.2) is 0 Å². The van der Waals surface area contributed by atoms with Gasteiger partial charge in [0.1, 0.15) is 11.9 Å². The number of carbonyl (C=O) groups excluding carboxylic acids is 1. The van der Waals surface area contributed by atoms with E-state index in [0.717, 1.165) is 24.0 Å². The molecule has 1 saturated heterocycles. The third-order valence-electron chi connectivity index (χ3n) is 8.20. The minimum absolute atomic E-state index is 0.102. The average molecular weight is 703 g/mol. The zero-order valence-corrected chi connectivity index (χ0v) is 26.5. The van der Waals surface area contributed by atoms with Crippen LogP contribution in [0.15, 0.2) is 35.9 Å². The van der Waals surface area contributed by atoms with E-state index in [9.17, 15) is 52.7 Å². The number of ether oxygens (including phenoxy) is 2. The lowest BCUT2D eigenvalue weighted by molar-refractivity contribution is -0.138. The van der Waals surface area contributed by atoms with Gasteiger partial charge in [0, 0.05) is 12.1 Å². The Balaban J connectivity index is 1.82. The predicted molar refractivity (Wildman–Crippen MR) is 153 cm³/mol. The van der Waals surface area contributed by atoms with Crippen molar-refractivity contribution >= 4 is 27.4 Å². The maximum absolute atomic E-state index is 13.9. The van der Waals surface area contributed by atoms with Gasteiger partial charge in [-0.05, 0) is 79.5 Å². The molecule has 0 radical (unpaired) electrons. The molecular weight excluding hydrogens is 671 g/mol. The Hall–Kier alpha value is -3.63. The van der Waals surface area contributed by atoms with Gasteiger partial charge in [0.25, 0.3) is 0 Å². The number of methoxy groups -OCH3 is 1. The number of alkyl halides is 9. The number of halogens is 9. The smallest absolute Gasteiger partial charge is 0.496 e. The first kappa shape index (κ1) is 36.2. The molecule has 260 valence electrons. The van der Waals surface area contributed by atoms with Crippen molar-refractivity contribution < 1.29 is 62.2 Å². The number of nitrogens with one attached hydrogen (secondary N) is 1. The summed E-state index contributed by atoms with van der Waals surface area (Å²) in [6, 6.07) is 3.50. The summed E-state index contributed by atoms with van der Waals surface area (Å²) >= 11 is 0. The zero-order chi connectivity index (χ0) is 35.5. The van der Waals surface area contributed by atoms with Crippen LogP contribution in [0.2, 0.25) is 0 Å². The van der Waals surface area contributed by atoms with E-state index >= 15 is 0 Å². The molecule has 0 unspecified atom stereocenters. The molecule has 7 nitrogen and oxygen atoms in total. The Kier molecular flexibility index (Phi) is 9.33. The molecule has 0 bridgehead atoms. The number of benzene rings is 2. The quantitative estimate of drug-likeness (QED) is 0.292. The SMILES string of the molecule is COc1cc(C(F)(F)F)c(NS(=O)(=O)C(F)(F)F)cc1C1=C(CN2C(=O)O[C@H](c3cc(C)cc(C(F)(F)F)c3)[C@@H]2C)CC(C)(C)CC1. The van der Waals surface area contributed by atoms with E-state index in [1.165, 1.54) is 17.9 Å². The van der Waals surface area contributed by atoms with Gasteiger partial charge in [-0.3, -0.25) is 9.62 Å². The fraction of sp³-hybridized carbons (Fsp3) is 0.500. The van der Waals surface area contributed by atoms with Gasteiger partial charge < -0.3 is 9.47 Å². The molecular formula is C30H31F9N2O5S. The normalized spacial score (nSPS) is 20.8. The van der Waals surface area contributed by atoms with E-state index < -0.39 is 74.1 Å². The van der Waals surface area contributed by atoms with E-state index in [4.69, 9.17) is 9.47 Å². The van der Waals surface area contributed by atoms with Gasteiger partial charge in [0.2, 0.25) is 0 Å². The van der Waals surface area contributed by atoms with Crippen molar-refractivity contribution in [2.45, 2.75) is 77.0 Å². The molecule has 1 fully saturated rings. The van der Waals surface area contributed by atoms with Crippen LogP contribution in [0.4, 0.5) is 50.0 Å². The summed E-state index contributed by atoms with van der Waals surface area (Å²) in [6.07, 6.45) is -11.1. The van der Waals surface area contributed by atoms with E-state index in [2.05, 4.69) is 0 Å². The Labute approximate surface area is 264 Å². The van der Waals surface area contributed by atoms with Crippen molar-refractivity contribution in [1.29, 1.82) is 0 Å². The van der Waals surface area contributed by atoms with E-state index in [-0.39, 0.29) is 36.1 Å². The van der Waals surface area contributed by atoms with Crippen molar-refractivity contribution in [3.63, 3.8) is 0 Å². The average Bonchev–Trinajstić information content (AvgIpc) is 3.18. The lowest BCUT2D eigenvalue weighted by Crippen LogP contribution is -2.35. The predicted octanol–water partition coefficient (Wildman–Crippen LogP) is 8.85. The van der Waals surface area contributed by atoms with Crippen molar-refractivity contribution in [2.24, 2.45) is 5.41 Å². The van der Waals surface area contributed by atoms with Crippen LogP contribution in [-0.4, -0.2) is 44.6 Å². The van der Waals surface area contributed by atoms with Crippen molar-refractivity contribution in [1.82, 2.24) is 4.90 Å². The number of cyclic esters (lactones) is 1. The molecule has 1 amide bonds. The molecule has 0 saturated carbocycles. The molecule has 17 heteroatoms. The number of rotatable bonds is 7. The number of aryl methyl sites for hydroxylation is 1. The summed E-state index contributed by atoms with van der Waals surface area (Å²) in [5.41, 5.74) is -9.34. The number of sulfonamides is 1. The molecule has 2 aromatic rings. The molecule has 4 rings (SSSR count). The molecule has 0 spiro atoms. The van der Waals surface area contributed by atoms with Crippen LogP contribution in [0.5, 0.6) is 5.75 Å². The number of hydrogen-bond donors (Lipinski definition) is 1. The largest absolute Gasteiger partial charge is 0.516 e. The third kappa shape index (κ3) is 7.59. The fourth-order valence-electron chi connectivity index (χ4n) is 5.90. The molecule has 2 atom stereocenters. The standard InChI is InChI=1S/C30H31F9N2O5S/c1-15-8-17(10-19(9-15)28(31,32)33)25-16(2)41(26(42)46-25)14-18-13-27(3,4)7-6-20(18)21-11-23(40-47(43,44)30(37,38)39)22(29(34,35)36)12-24(21)45-5/h8-12,16,25,40H,6-7,13-14H2,1-5H3/t16-,25-/m0/s1. The van der Waals surface area contributed by atoms with E-state index in [1.54, 1.807) is 6.92 Å². The maximum Gasteiger partial charge on any atom is 0.516 e. The van der Waals surface area contributed by atoms with E-state index in [0.29, 0.717) is 29.7 Å². The highest BCUT2D eigenvalue weighted by molar-refractivity contribution is 7.93. The molecule has 2 aliphatic rings. The van der Waals surface area contributed by atoms with Crippen LogP contribution in [-0.2, 0) is 27.1 Å². The lowest BCUT2D eigenvalue weighted by Gasteiger charge is -2.36. The molecule has 47 heavy (non-hydrogen) atoms. The van der Waals surface area contributed by atoms with Crippen LogP contribution in [0.3, 0.4) is 0 Å². The van der Waals surface area contributed by atoms with Gasteiger partial charge in [-0.15, -0.1) is 0 Å². The zero-order valence-electron chi connectivity index (χ0n) is 25.7. The summed E-state index contributed by atoms with van der Waals surface area (Å²) in [6.45, 7) is 6.59. The Morgan fingerprint density at radius 1 is 1.00 bits per heavy atom. The summed E-state index contributed by atoms with van der Waals surface area (Å²) in [5, 5.41) is 0. The van der Waals surface area contributed by atoms with Crippen LogP contribution < -0.4 is 9.46 Å². The number of hydrogen-bond acceptors (Lipinski definition) is 5. The fourth-order valence-corrected chi connectivity index (χ4v) is 6.48. The van der Waals surface area contributed by atoms with Gasteiger partial charge in [-0.25, -0.2) is 4.79 Å².